The molecular formula is C22H30N4O2. The third kappa shape index (κ3) is 4.70. The summed E-state index contributed by atoms with van der Waals surface area (Å²) in [5, 5.41) is 0. The maximum absolute atomic E-state index is 6.07. The maximum atomic E-state index is 6.07. The first-order valence-corrected chi connectivity index (χ1v) is 9.72. The standard InChI is InChI=1S/C22H30N4O2/c1-4-17-5-7-18(8-6-17)22-20(16-25(11-13-27-2)12-14-28-3)26-15-19(23)9-10-21(26)24-22/h5-10,15H,4,11-14,16,23H2,1-3H3. The van der Waals surface area contributed by atoms with Crippen LogP contribution in [0.4, 0.5) is 5.69 Å². The average Bonchev–Trinajstić information content (AvgIpc) is 3.07. The van der Waals surface area contributed by atoms with Crippen LogP contribution in [0.15, 0.2) is 42.6 Å². The van der Waals surface area contributed by atoms with Gasteiger partial charge in [-0.05, 0) is 24.1 Å². The number of anilines is 1. The summed E-state index contributed by atoms with van der Waals surface area (Å²) in [6, 6.07) is 12.5. The molecule has 0 radical (unpaired) electrons. The molecule has 2 aromatic heterocycles. The molecule has 0 amide bonds. The van der Waals surface area contributed by atoms with Gasteiger partial charge in [0.1, 0.15) is 5.65 Å². The molecule has 6 nitrogen and oxygen atoms in total. The number of nitrogens with zero attached hydrogens (tertiary/aromatic N) is 3. The minimum absolute atomic E-state index is 0.670. The van der Waals surface area contributed by atoms with Crippen molar-refractivity contribution in [2.24, 2.45) is 0 Å². The van der Waals surface area contributed by atoms with Crippen LogP contribution in [0.25, 0.3) is 16.9 Å². The third-order valence-electron chi connectivity index (χ3n) is 4.97. The second-order valence-electron chi connectivity index (χ2n) is 6.91. The Morgan fingerprint density at radius 3 is 2.29 bits per heavy atom. The zero-order chi connectivity index (χ0) is 19.9. The minimum atomic E-state index is 0.670. The number of imidazole rings is 1. The van der Waals surface area contributed by atoms with Crippen LogP contribution >= 0.6 is 0 Å². The van der Waals surface area contributed by atoms with E-state index in [0.29, 0.717) is 13.2 Å². The maximum Gasteiger partial charge on any atom is 0.137 e. The number of fused-ring (bicyclic) bond motifs is 1. The van der Waals surface area contributed by atoms with Crippen molar-refractivity contribution in [1.82, 2.24) is 14.3 Å². The number of hydrogen-bond acceptors (Lipinski definition) is 5. The third-order valence-corrected chi connectivity index (χ3v) is 4.97. The highest BCUT2D eigenvalue weighted by Crippen LogP contribution is 2.27. The largest absolute Gasteiger partial charge is 0.398 e. The number of aryl methyl sites for hydroxylation is 1. The number of methoxy groups -OCH3 is 2. The molecule has 2 N–H and O–H groups in total. The highest BCUT2D eigenvalue weighted by molar-refractivity contribution is 5.67. The monoisotopic (exact) mass is 382 g/mol. The molecule has 150 valence electrons. The number of benzene rings is 1. The van der Waals surface area contributed by atoms with Crippen molar-refractivity contribution in [1.29, 1.82) is 0 Å². The first kappa shape index (κ1) is 20.3. The molecule has 3 rings (SSSR count). The minimum Gasteiger partial charge on any atom is -0.398 e. The highest BCUT2D eigenvalue weighted by Gasteiger charge is 2.17. The van der Waals surface area contributed by atoms with E-state index in [4.69, 9.17) is 20.2 Å². The van der Waals surface area contributed by atoms with Gasteiger partial charge in [-0.3, -0.25) is 4.90 Å². The lowest BCUT2D eigenvalue weighted by Gasteiger charge is -2.22. The number of rotatable bonds is 10. The number of aromatic nitrogens is 2. The van der Waals surface area contributed by atoms with E-state index in [1.807, 2.05) is 18.3 Å². The van der Waals surface area contributed by atoms with Gasteiger partial charge in [0, 0.05) is 51.3 Å². The molecule has 0 aliphatic heterocycles. The van der Waals surface area contributed by atoms with E-state index in [1.54, 1.807) is 14.2 Å². The van der Waals surface area contributed by atoms with Gasteiger partial charge in [-0.1, -0.05) is 31.2 Å². The summed E-state index contributed by atoms with van der Waals surface area (Å²) < 4.78 is 12.7. The van der Waals surface area contributed by atoms with Crippen LogP contribution in [0.2, 0.25) is 0 Å². The van der Waals surface area contributed by atoms with Crippen LogP contribution in [-0.2, 0) is 22.4 Å². The molecule has 0 atom stereocenters. The Kier molecular flexibility index (Phi) is 7.03. The number of hydrogen-bond donors (Lipinski definition) is 1. The summed E-state index contributed by atoms with van der Waals surface area (Å²) >= 11 is 0. The van der Waals surface area contributed by atoms with Gasteiger partial charge in [0.05, 0.1) is 24.6 Å². The zero-order valence-corrected chi connectivity index (χ0v) is 17.0. The van der Waals surface area contributed by atoms with Crippen molar-refractivity contribution in [3.8, 4) is 11.3 Å². The normalized spacial score (nSPS) is 11.6. The molecular weight excluding hydrogens is 352 g/mol. The fourth-order valence-corrected chi connectivity index (χ4v) is 3.31. The van der Waals surface area contributed by atoms with Crippen LogP contribution in [0.3, 0.4) is 0 Å². The molecule has 28 heavy (non-hydrogen) atoms. The van der Waals surface area contributed by atoms with E-state index >= 15 is 0 Å². The molecule has 0 spiro atoms. The summed E-state index contributed by atoms with van der Waals surface area (Å²) in [7, 11) is 3.45. The van der Waals surface area contributed by atoms with Crippen molar-refractivity contribution in [2.75, 3.05) is 46.3 Å². The van der Waals surface area contributed by atoms with Gasteiger partial charge in [0.25, 0.3) is 0 Å². The smallest absolute Gasteiger partial charge is 0.137 e. The molecule has 0 bridgehead atoms. The molecule has 0 fully saturated rings. The molecule has 1 aromatic carbocycles. The molecule has 2 heterocycles. The Hall–Kier alpha value is -2.41. The summed E-state index contributed by atoms with van der Waals surface area (Å²) in [4.78, 5) is 7.23. The number of nitrogen functional groups attached to an aromatic ring is 1. The Balaban J connectivity index is 2.02. The van der Waals surface area contributed by atoms with Gasteiger partial charge in [-0.25, -0.2) is 4.98 Å². The van der Waals surface area contributed by atoms with E-state index in [2.05, 4.69) is 40.5 Å². The summed E-state index contributed by atoms with van der Waals surface area (Å²) in [5.74, 6) is 0. The Bertz CT molecular complexity index is 881. The number of pyridine rings is 1. The van der Waals surface area contributed by atoms with E-state index in [0.717, 1.165) is 54.3 Å². The average molecular weight is 383 g/mol. The summed E-state index contributed by atoms with van der Waals surface area (Å²) in [6.07, 6.45) is 2.98. The lowest BCUT2D eigenvalue weighted by Crippen LogP contribution is -2.31. The topological polar surface area (TPSA) is 65.0 Å². The molecule has 0 saturated carbocycles. The fraction of sp³-hybridized carbons (Fsp3) is 0.409. The van der Waals surface area contributed by atoms with Crippen molar-refractivity contribution in [3.63, 3.8) is 0 Å². The first-order chi connectivity index (χ1) is 13.7. The van der Waals surface area contributed by atoms with Gasteiger partial charge in [-0.2, -0.15) is 0 Å². The van der Waals surface area contributed by atoms with Crippen LogP contribution in [-0.4, -0.2) is 54.8 Å². The van der Waals surface area contributed by atoms with Gasteiger partial charge >= 0.3 is 0 Å². The quantitative estimate of drug-likeness (QED) is 0.583. The molecule has 0 unspecified atom stereocenters. The van der Waals surface area contributed by atoms with Crippen molar-refractivity contribution < 1.29 is 9.47 Å². The Morgan fingerprint density at radius 2 is 1.68 bits per heavy atom. The molecule has 0 aliphatic rings. The van der Waals surface area contributed by atoms with Crippen molar-refractivity contribution in [3.05, 3.63) is 53.9 Å². The van der Waals surface area contributed by atoms with E-state index in [1.165, 1.54) is 5.56 Å². The van der Waals surface area contributed by atoms with Gasteiger partial charge in [-0.15, -0.1) is 0 Å². The molecule has 0 aliphatic carbocycles. The highest BCUT2D eigenvalue weighted by atomic mass is 16.5. The lowest BCUT2D eigenvalue weighted by atomic mass is 10.1. The molecule has 3 aromatic rings. The fourth-order valence-electron chi connectivity index (χ4n) is 3.31. The molecule has 6 heteroatoms. The Labute approximate surface area is 166 Å². The van der Waals surface area contributed by atoms with E-state index in [-0.39, 0.29) is 0 Å². The van der Waals surface area contributed by atoms with Crippen LogP contribution in [0.1, 0.15) is 18.2 Å². The lowest BCUT2D eigenvalue weighted by molar-refractivity contribution is 0.109. The summed E-state index contributed by atoms with van der Waals surface area (Å²) in [6.45, 7) is 5.89. The number of nitrogens with two attached hydrogens (primary N) is 1. The van der Waals surface area contributed by atoms with E-state index in [9.17, 15) is 0 Å². The second kappa shape index (κ2) is 9.68. The molecule has 0 saturated heterocycles. The van der Waals surface area contributed by atoms with Crippen LogP contribution in [0.5, 0.6) is 0 Å². The first-order valence-electron chi connectivity index (χ1n) is 9.72. The summed E-state index contributed by atoms with van der Waals surface area (Å²) in [5.41, 5.74) is 12.2. The van der Waals surface area contributed by atoms with E-state index < -0.39 is 0 Å². The predicted molar refractivity (Wildman–Crippen MR) is 113 cm³/mol. The van der Waals surface area contributed by atoms with Gasteiger partial charge in [0.2, 0.25) is 0 Å². The Morgan fingerprint density at radius 1 is 1.00 bits per heavy atom. The van der Waals surface area contributed by atoms with Gasteiger partial charge in [0.15, 0.2) is 0 Å². The van der Waals surface area contributed by atoms with Crippen molar-refractivity contribution in [2.45, 2.75) is 19.9 Å². The number of ether oxygens (including phenoxy) is 2. The van der Waals surface area contributed by atoms with Crippen LogP contribution < -0.4 is 5.73 Å². The van der Waals surface area contributed by atoms with Crippen molar-refractivity contribution >= 4 is 11.3 Å². The van der Waals surface area contributed by atoms with Crippen LogP contribution in [0, 0.1) is 0 Å². The SMILES string of the molecule is CCc1ccc(-c2nc3ccc(N)cn3c2CN(CCOC)CCOC)cc1. The zero-order valence-electron chi connectivity index (χ0n) is 17.0. The predicted octanol–water partition coefficient (Wildman–Crippen LogP) is 3.24. The second-order valence-corrected chi connectivity index (χ2v) is 6.91. The van der Waals surface area contributed by atoms with Gasteiger partial charge < -0.3 is 19.6 Å².